The SMILES string of the molecule is N#Cc1ccc(C(O)C(O)CCl)c(C(F)(F)F)c1. The molecule has 0 spiro atoms. The van der Waals surface area contributed by atoms with Crippen molar-refractivity contribution < 1.29 is 23.4 Å². The van der Waals surface area contributed by atoms with Crippen molar-refractivity contribution in [3.8, 4) is 6.07 Å². The Morgan fingerprint density at radius 2 is 1.94 bits per heavy atom. The van der Waals surface area contributed by atoms with E-state index < -0.39 is 35.4 Å². The molecule has 0 saturated carbocycles. The molecule has 2 unspecified atom stereocenters. The van der Waals surface area contributed by atoms with Crippen molar-refractivity contribution in [3.63, 3.8) is 0 Å². The highest BCUT2D eigenvalue weighted by Crippen LogP contribution is 2.36. The first kappa shape index (κ1) is 14.8. The Kier molecular flexibility index (Phi) is 4.57. The van der Waals surface area contributed by atoms with Crippen molar-refractivity contribution in [3.05, 3.63) is 34.9 Å². The quantitative estimate of drug-likeness (QED) is 0.834. The van der Waals surface area contributed by atoms with Gasteiger partial charge in [-0.3, -0.25) is 0 Å². The molecule has 3 nitrogen and oxygen atoms in total. The zero-order chi connectivity index (χ0) is 13.9. The lowest BCUT2D eigenvalue weighted by molar-refractivity contribution is -0.139. The predicted octanol–water partition coefficient (Wildman–Crippen LogP) is 2.21. The van der Waals surface area contributed by atoms with Gasteiger partial charge in [0.2, 0.25) is 0 Å². The van der Waals surface area contributed by atoms with E-state index in [9.17, 15) is 23.4 Å². The van der Waals surface area contributed by atoms with Crippen LogP contribution >= 0.6 is 11.6 Å². The van der Waals surface area contributed by atoms with Crippen molar-refractivity contribution in [1.82, 2.24) is 0 Å². The lowest BCUT2D eigenvalue weighted by Gasteiger charge is -2.20. The maximum absolute atomic E-state index is 12.8. The summed E-state index contributed by atoms with van der Waals surface area (Å²) in [4.78, 5) is 0. The number of hydrogen-bond acceptors (Lipinski definition) is 3. The normalized spacial score (nSPS) is 14.9. The van der Waals surface area contributed by atoms with Crippen molar-refractivity contribution in [1.29, 1.82) is 5.26 Å². The molecule has 2 N–H and O–H groups in total. The number of rotatable bonds is 3. The van der Waals surface area contributed by atoms with Gasteiger partial charge in [-0.2, -0.15) is 18.4 Å². The first-order chi connectivity index (χ1) is 8.31. The second-order valence-electron chi connectivity index (χ2n) is 3.58. The van der Waals surface area contributed by atoms with Gasteiger partial charge in [-0.15, -0.1) is 11.6 Å². The zero-order valence-electron chi connectivity index (χ0n) is 8.95. The number of aliphatic hydroxyl groups is 2. The van der Waals surface area contributed by atoms with Gasteiger partial charge in [0, 0.05) is 0 Å². The molecular formula is C11H9ClF3NO2. The average molecular weight is 280 g/mol. The van der Waals surface area contributed by atoms with Crippen LogP contribution in [0.1, 0.15) is 22.8 Å². The maximum Gasteiger partial charge on any atom is 0.416 e. The summed E-state index contributed by atoms with van der Waals surface area (Å²) in [6.45, 7) is 0. The van der Waals surface area contributed by atoms with Gasteiger partial charge in [0.15, 0.2) is 0 Å². The number of hydrogen-bond donors (Lipinski definition) is 2. The summed E-state index contributed by atoms with van der Waals surface area (Å²) in [6, 6.07) is 4.30. The third-order valence-electron chi connectivity index (χ3n) is 2.33. The zero-order valence-corrected chi connectivity index (χ0v) is 9.70. The summed E-state index contributed by atoms with van der Waals surface area (Å²) in [7, 11) is 0. The van der Waals surface area contributed by atoms with Gasteiger partial charge in [-0.05, 0) is 17.7 Å². The molecule has 7 heteroatoms. The smallest absolute Gasteiger partial charge is 0.389 e. The van der Waals surface area contributed by atoms with Gasteiger partial charge < -0.3 is 10.2 Å². The molecule has 0 aromatic heterocycles. The molecule has 0 saturated heterocycles. The standard InChI is InChI=1S/C11H9ClF3NO2/c12-4-9(17)10(18)7-2-1-6(5-16)3-8(7)11(13,14)15/h1-3,9-10,17-18H,4H2. The lowest BCUT2D eigenvalue weighted by atomic mass is 9.97. The Hall–Kier alpha value is -1.29. The van der Waals surface area contributed by atoms with E-state index in [2.05, 4.69) is 0 Å². The minimum absolute atomic E-state index is 0.182. The third kappa shape index (κ3) is 3.13. The lowest BCUT2D eigenvalue weighted by Crippen LogP contribution is -2.23. The Labute approximate surface area is 106 Å². The number of aliphatic hydroxyl groups excluding tert-OH is 2. The molecule has 0 aliphatic carbocycles. The second-order valence-corrected chi connectivity index (χ2v) is 3.89. The largest absolute Gasteiger partial charge is 0.416 e. The first-order valence-corrected chi connectivity index (χ1v) is 5.38. The van der Waals surface area contributed by atoms with Crippen molar-refractivity contribution in [2.24, 2.45) is 0 Å². The van der Waals surface area contributed by atoms with Crippen LogP contribution in [-0.4, -0.2) is 22.2 Å². The molecule has 0 radical (unpaired) electrons. The number of nitriles is 1. The number of nitrogens with zero attached hydrogens (tertiary/aromatic N) is 1. The number of halogens is 4. The number of benzene rings is 1. The molecule has 18 heavy (non-hydrogen) atoms. The fourth-order valence-corrected chi connectivity index (χ4v) is 1.59. The summed E-state index contributed by atoms with van der Waals surface area (Å²) in [5, 5.41) is 27.4. The Morgan fingerprint density at radius 3 is 2.39 bits per heavy atom. The van der Waals surface area contributed by atoms with Crippen LogP contribution in [0.3, 0.4) is 0 Å². The van der Waals surface area contributed by atoms with Crippen LogP contribution in [0.2, 0.25) is 0 Å². The third-order valence-corrected chi connectivity index (χ3v) is 2.65. The van der Waals surface area contributed by atoms with Gasteiger partial charge in [-0.25, -0.2) is 0 Å². The molecule has 1 aromatic rings. The van der Waals surface area contributed by atoms with Crippen LogP contribution in [0, 0.1) is 11.3 Å². The highest BCUT2D eigenvalue weighted by molar-refractivity contribution is 6.18. The highest BCUT2D eigenvalue weighted by atomic mass is 35.5. The van der Waals surface area contributed by atoms with E-state index >= 15 is 0 Å². The Morgan fingerprint density at radius 1 is 1.33 bits per heavy atom. The molecule has 0 bridgehead atoms. The average Bonchev–Trinajstić information content (AvgIpc) is 2.35. The summed E-state index contributed by atoms with van der Waals surface area (Å²) in [6.07, 6.45) is -8.00. The van der Waals surface area contributed by atoms with Crippen LogP contribution < -0.4 is 0 Å². The fraction of sp³-hybridized carbons (Fsp3) is 0.364. The molecule has 1 rings (SSSR count). The summed E-state index contributed by atoms with van der Waals surface area (Å²) in [5.41, 5.74) is -1.84. The topological polar surface area (TPSA) is 64.2 Å². The number of alkyl halides is 4. The Balaban J connectivity index is 3.32. The molecule has 0 heterocycles. The van der Waals surface area contributed by atoms with Crippen molar-refractivity contribution in [2.75, 3.05) is 5.88 Å². The van der Waals surface area contributed by atoms with Crippen LogP contribution in [0.5, 0.6) is 0 Å². The summed E-state index contributed by atoms with van der Waals surface area (Å²) >= 11 is 5.28. The van der Waals surface area contributed by atoms with E-state index in [1.54, 1.807) is 6.07 Å². The summed E-state index contributed by atoms with van der Waals surface area (Å²) < 4.78 is 38.3. The van der Waals surface area contributed by atoms with E-state index in [1.807, 2.05) is 0 Å². The second kappa shape index (κ2) is 5.57. The first-order valence-electron chi connectivity index (χ1n) is 4.84. The van der Waals surface area contributed by atoms with Gasteiger partial charge in [-0.1, -0.05) is 6.07 Å². The predicted molar refractivity (Wildman–Crippen MR) is 57.8 cm³/mol. The van der Waals surface area contributed by atoms with Gasteiger partial charge in [0.1, 0.15) is 6.10 Å². The monoisotopic (exact) mass is 279 g/mol. The van der Waals surface area contributed by atoms with Gasteiger partial charge in [0.25, 0.3) is 0 Å². The van der Waals surface area contributed by atoms with E-state index in [1.165, 1.54) is 0 Å². The highest BCUT2D eigenvalue weighted by Gasteiger charge is 2.36. The fourth-order valence-electron chi connectivity index (χ4n) is 1.42. The van der Waals surface area contributed by atoms with Crippen LogP contribution in [-0.2, 0) is 6.18 Å². The van der Waals surface area contributed by atoms with Crippen molar-refractivity contribution >= 4 is 11.6 Å². The van der Waals surface area contributed by atoms with E-state index in [0.29, 0.717) is 6.07 Å². The van der Waals surface area contributed by atoms with Crippen molar-refractivity contribution in [2.45, 2.75) is 18.4 Å². The van der Waals surface area contributed by atoms with Crippen LogP contribution in [0.25, 0.3) is 0 Å². The molecule has 1 aromatic carbocycles. The Bertz CT molecular complexity index is 470. The molecule has 0 amide bonds. The summed E-state index contributed by atoms with van der Waals surface area (Å²) in [5.74, 6) is -0.404. The minimum Gasteiger partial charge on any atom is -0.389 e. The van der Waals surface area contributed by atoms with E-state index in [-0.39, 0.29) is 5.56 Å². The van der Waals surface area contributed by atoms with E-state index in [4.69, 9.17) is 16.9 Å². The molecular weight excluding hydrogens is 271 g/mol. The molecule has 2 atom stereocenters. The molecule has 98 valence electrons. The minimum atomic E-state index is -4.73. The van der Waals surface area contributed by atoms with E-state index in [0.717, 1.165) is 12.1 Å². The van der Waals surface area contributed by atoms with Gasteiger partial charge >= 0.3 is 6.18 Å². The van der Waals surface area contributed by atoms with Crippen LogP contribution in [0.15, 0.2) is 18.2 Å². The molecule has 0 fully saturated rings. The van der Waals surface area contributed by atoms with Gasteiger partial charge in [0.05, 0.1) is 29.2 Å². The molecule has 0 aliphatic heterocycles. The van der Waals surface area contributed by atoms with Crippen LogP contribution in [0.4, 0.5) is 13.2 Å². The molecule has 0 aliphatic rings. The maximum atomic E-state index is 12.8.